The first-order chi connectivity index (χ1) is 14.9. The molecule has 158 valence electrons. The van der Waals surface area contributed by atoms with Gasteiger partial charge in [-0.15, -0.1) is 13.2 Å². The zero-order valence-corrected chi connectivity index (χ0v) is 16.3. The number of halogens is 3. The van der Waals surface area contributed by atoms with Crippen LogP contribution in [-0.2, 0) is 0 Å². The second kappa shape index (κ2) is 8.47. The molecule has 0 atom stereocenters. The van der Waals surface area contributed by atoms with Gasteiger partial charge in [-0.2, -0.15) is 0 Å². The number of alkyl halides is 3. The second-order valence-corrected chi connectivity index (χ2v) is 6.45. The van der Waals surface area contributed by atoms with Gasteiger partial charge in [-0.05, 0) is 49.4 Å². The zero-order valence-electron chi connectivity index (χ0n) is 16.3. The van der Waals surface area contributed by atoms with Crippen molar-refractivity contribution in [2.75, 3.05) is 11.9 Å². The number of nitrogens with one attached hydrogen (secondary N) is 1. The first-order valence-electron chi connectivity index (χ1n) is 9.39. The predicted molar refractivity (Wildman–Crippen MR) is 110 cm³/mol. The molecule has 0 saturated heterocycles. The lowest BCUT2D eigenvalue weighted by Gasteiger charge is -2.14. The minimum absolute atomic E-state index is 0.335. The standard InChI is InChI=1S/C22H17F3N4O2/c1-2-30-16-8-9-19-18(12-16)21(29-20(28-19)14-5-4-10-26-13-14)27-15-6-3-7-17(11-15)31-22(23,24)25/h3-13H,2H2,1H3,(H,27,28,29). The van der Waals surface area contributed by atoms with Crippen LogP contribution < -0.4 is 14.8 Å². The summed E-state index contributed by atoms with van der Waals surface area (Å²) >= 11 is 0. The number of hydrogen-bond acceptors (Lipinski definition) is 6. The number of pyridine rings is 1. The summed E-state index contributed by atoms with van der Waals surface area (Å²) in [6, 6.07) is 14.5. The van der Waals surface area contributed by atoms with Crippen molar-refractivity contribution in [3.05, 3.63) is 67.0 Å². The molecule has 31 heavy (non-hydrogen) atoms. The quantitative estimate of drug-likeness (QED) is 0.425. The van der Waals surface area contributed by atoms with Crippen LogP contribution >= 0.6 is 0 Å². The van der Waals surface area contributed by atoms with E-state index in [1.165, 1.54) is 18.2 Å². The minimum Gasteiger partial charge on any atom is -0.494 e. The van der Waals surface area contributed by atoms with Crippen LogP contribution in [0.3, 0.4) is 0 Å². The Balaban J connectivity index is 1.79. The molecule has 0 spiro atoms. The van der Waals surface area contributed by atoms with Crippen molar-refractivity contribution in [2.24, 2.45) is 0 Å². The lowest BCUT2D eigenvalue weighted by molar-refractivity contribution is -0.274. The van der Waals surface area contributed by atoms with Crippen LogP contribution in [0.25, 0.3) is 22.3 Å². The van der Waals surface area contributed by atoms with Gasteiger partial charge in [0.1, 0.15) is 17.3 Å². The summed E-state index contributed by atoms with van der Waals surface area (Å²) in [5.74, 6) is 1.13. The maximum atomic E-state index is 12.6. The van der Waals surface area contributed by atoms with Crippen molar-refractivity contribution in [3.63, 3.8) is 0 Å². The van der Waals surface area contributed by atoms with Gasteiger partial charge in [-0.3, -0.25) is 4.98 Å². The molecule has 0 aliphatic carbocycles. The third kappa shape index (κ3) is 5.00. The number of fused-ring (bicyclic) bond motifs is 1. The maximum Gasteiger partial charge on any atom is 0.573 e. The molecule has 0 radical (unpaired) electrons. The number of ether oxygens (including phenoxy) is 2. The Bertz CT molecular complexity index is 1200. The normalized spacial score (nSPS) is 11.4. The van der Waals surface area contributed by atoms with Crippen LogP contribution in [0.2, 0.25) is 0 Å². The lowest BCUT2D eigenvalue weighted by atomic mass is 10.2. The van der Waals surface area contributed by atoms with Gasteiger partial charge >= 0.3 is 6.36 Å². The van der Waals surface area contributed by atoms with Crippen LogP contribution in [0.1, 0.15) is 6.92 Å². The summed E-state index contributed by atoms with van der Waals surface area (Å²) in [6.07, 6.45) is -1.50. The van der Waals surface area contributed by atoms with Crippen LogP contribution in [0, 0.1) is 0 Å². The SMILES string of the molecule is CCOc1ccc2nc(-c3cccnc3)nc(Nc3cccc(OC(F)(F)F)c3)c2c1. The molecule has 0 bridgehead atoms. The van der Waals surface area contributed by atoms with Gasteiger partial charge in [0.2, 0.25) is 0 Å². The molecule has 0 aliphatic rings. The lowest BCUT2D eigenvalue weighted by Crippen LogP contribution is -2.17. The molecular weight excluding hydrogens is 409 g/mol. The molecule has 6 nitrogen and oxygen atoms in total. The molecule has 4 aromatic rings. The van der Waals surface area contributed by atoms with Gasteiger partial charge in [-0.25, -0.2) is 9.97 Å². The first kappa shape index (κ1) is 20.4. The van der Waals surface area contributed by atoms with E-state index < -0.39 is 6.36 Å². The fourth-order valence-electron chi connectivity index (χ4n) is 2.99. The molecular formula is C22H17F3N4O2. The molecule has 0 aliphatic heterocycles. The molecule has 0 fully saturated rings. The average Bonchev–Trinajstić information content (AvgIpc) is 2.74. The van der Waals surface area contributed by atoms with Crippen molar-refractivity contribution in [1.82, 2.24) is 15.0 Å². The summed E-state index contributed by atoms with van der Waals surface area (Å²) in [5, 5.41) is 3.73. The van der Waals surface area contributed by atoms with E-state index in [-0.39, 0.29) is 5.75 Å². The Morgan fingerprint density at radius 3 is 2.58 bits per heavy atom. The fourth-order valence-corrected chi connectivity index (χ4v) is 2.99. The van der Waals surface area contributed by atoms with Gasteiger partial charge in [0.15, 0.2) is 5.82 Å². The van der Waals surface area contributed by atoms with Gasteiger partial charge in [0.25, 0.3) is 0 Å². The number of rotatable bonds is 6. The predicted octanol–water partition coefficient (Wildman–Crippen LogP) is 5.73. The molecule has 0 saturated carbocycles. The zero-order chi connectivity index (χ0) is 21.8. The van der Waals surface area contributed by atoms with E-state index in [2.05, 4.69) is 25.0 Å². The monoisotopic (exact) mass is 426 g/mol. The summed E-state index contributed by atoms with van der Waals surface area (Å²) in [6.45, 7) is 2.36. The number of benzene rings is 2. The molecule has 1 N–H and O–H groups in total. The Labute approximate surface area is 175 Å². The van der Waals surface area contributed by atoms with Gasteiger partial charge in [-0.1, -0.05) is 6.07 Å². The van der Waals surface area contributed by atoms with E-state index >= 15 is 0 Å². The maximum absolute atomic E-state index is 12.6. The van der Waals surface area contributed by atoms with Crippen LogP contribution in [0.4, 0.5) is 24.7 Å². The van der Waals surface area contributed by atoms with Gasteiger partial charge in [0, 0.05) is 35.1 Å². The van der Waals surface area contributed by atoms with E-state index in [0.717, 1.165) is 0 Å². The van der Waals surface area contributed by atoms with E-state index in [0.29, 0.717) is 46.2 Å². The highest BCUT2D eigenvalue weighted by Gasteiger charge is 2.31. The fraction of sp³-hybridized carbons (Fsp3) is 0.136. The molecule has 9 heteroatoms. The van der Waals surface area contributed by atoms with E-state index in [9.17, 15) is 13.2 Å². The molecule has 0 amide bonds. The second-order valence-electron chi connectivity index (χ2n) is 6.45. The van der Waals surface area contributed by atoms with Gasteiger partial charge < -0.3 is 14.8 Å². The van der Waals surface area contributed by atoms with Crippen molar-refractivity contribution in [3.8, 4) is 22.9 Å². The average molecular weight is 426 g/mol. The highest BCUT2D eigenvalue weighted by atomic mass is 19.4. The van der Waals surface area contributed by atoms with Crippen LogP contribution in [0.15, 0.2) is 67.0 Å². The first-order valence-corrected chi connectivity index (χ1v) is 9.39. The molecule has 0 unspecified atom stereocenters. The highest BCUT2D eigenvalue weighted by molar-refractivity contribution is 5.93. The minimum atomic E-state index is -4.78. The summed E-state index contributed by atoms with van der Waals surface area (Å²) in [5.41, 5.74) is 1.72. The topological polar surface area (TPSA) is 69.2 Å². The molecule has 2 heterocycles. The third-order valence-electron chi connectivity index (χ3n) is 4.23. The highest BCUT2D eigenvalue weighted by Crippen LogP contribution is 2.31. The summed E-state index contributed by atoms with van der Waals surface area (Å²) in [7, 11) is 0. The van der Waals surface area contributed by atoms with E-state index in [1.807, 2.05) is 13.0 Å². The van der Waals surface area contributed by atoms with Crippen LogP contribution in [0.5, 0.6) is 11.5 Å². The van der Waals surface area contributed by atoms with Crippen LogP contribution in [-0.4, -0.2) is 27.9 Å². The van der Waals surface area contributed by atoms with E-state index in [1.54, 1.807) is 42.7 Å². The Morgan fingerprint density at radius 2 is 1.84 bits per heavy atom. The number of nitrogens with zero attached hydrogens (tertiary/aromatic N) is 3. The van der Waals surface area contributed by atoms with Crippen molar-refractivity contribution < 1.29 is 22.6 Å². The number of hydrogen-bond donors (Lipinski definition) is 1. The molecule has 4 rings (SSSR count). The largest absolute Gasteiger partial charge is 0.573 e. The van der Waals surface area contributed by atoms with Crippen molar-refractivity contribution in [2.45, 2.75) is 13.3 Å². The van der Waals surface area contributed by atoms with Crippen molar-refractivity contribution in [1.29, 1.82) is 0 Å². The Kier molecular flexibility index (Phi) is 5.57. The molecule has 2 aromatic carbocycles. The number of aromatic nitrogens is 3. The smallest absolute Gasteiger partial charge is 0.494 e. The van der Waals surface area contributed by atoms with Crippen molar-refractivity contribution >= 4 is 22.4 Å². The summed E-state index contributed by atoms with van der Waals surface area (Å²) in [4.78, 5) is 13.3. The summed E-state index contributed by atoms with van der Waals surface area (Å²) < 4.78 is 47.3. The molecule has 2 aromatic heterocycles. The van der Waals surface area contributed by atoms with E-state index in [4.69, 9.17) is 4.74 Å². The Morgan fingerprint density at radius 1 is 0.968 bits per heavy atom. The number of anilines is 2. The third-order valence-corrected chi connectivity index (χ3v) is 4.23. The Hall–Kier alpha value is -3.88. The van der Waals surface area contributed by atoms with Gasteiger partial charge in [0.05, 0.1) is 12.1 Å².